The van der Waals surface area contributed by atoms with Crippen molar-refractivity contribution in [3.63, 3.8) is 0 Å². The SMILES string of the molecule is NC(=O)c1cnc(Nc2ccc(Cl)c(NC(=O)N3CCCC3)c2)nc1NCC1CC1. The van der Waals surface area contributed by atoms with Gasteiger partial charge in [0.1, 0.15) is 5.82 Å². The van der Waals surface area contributed by atoms with Gasteiger partial charge in [0, 0.05) is 31.5 Å². The third-order valence-electron chi connectivity index (χ3n) is 5.17. The molecular weight excluding hydrogens is 406 g/mol. The van der Waals surface area contributed by atoms with Gasteiger partial charge in [-0.3, -0.25) is 4.79 Å². The minimum absolute atomic E-state index is 0.167. The molecule has 0 spiro atoms. The Hall–Kier alpha value is -3.07. The predicted molar refractivity (Wildman–Crippen MR) is 116 cm³/mol. The third-order valence-corrected chi connectivity index (χ3v) is 5.50. The zero-order valence-corrected chi connectivity index (χ0v) is 17.2. The van der Waals surface area contributed by atoms with Crippen LogP contribution in [0, 0.1) is 5.92 Å². The molecule has 2 aliphatic rings. The van der Waals surface area contributed by atoms with Crippen LogP contribution in [0.3, 0.4) is 0 Å². The number of primary amides is 1. The quantitative estimate of drug-likeness (QED) is 0.534. The molecule has 1 aromatic heterocycles. The molecule has 0 radical (unpaired) electrons. The number of halogens is 1. The van der Waals surface area contributed by atoms with Crippen molar-refractivity contribution in [2.45, 2.75) is 25.7 Å². The van der Waals surface area contributed by atoms with Crippen LogP contribution in [0.5, 0.6) is 0 Å². The lowest BCUT2D eigenvalue weighted by molar-refractivity contribution is 0.100. The Morgan fingerprint density at radius 1 is 1.23 bits per heavy atom. The van der Waals surface area contributed by atoms with Gasteiger partial charge in [-0.15, -0.1) is 0 Å². The number of aromatic nitrogens is 2. The first-order valence-electron chi connectivity index (χ1n) is 10.0. The van der Waals surface area contributed by atoms with Crippen molar-refractivity contribution in [2.75, 3.05) is 35.6 Å². The monoisotopic (exact) mass is 429 g/mol. The van der Waals surface area contributed by atoms with E-state index < -0.39 is 5.91 Å². The molecule has 158 valence electrons. The molecule has 1 aromatic carbocycles. The number of likely N-dealkylation sites (tertiary alicyclic amines) is 1. The number of nitrogens with one attached hydrogen (secondary N) is 3. The fourth-order valence-electron chi connectivity index (χ4n) is 3.26. The highest BCUT2D eigenvalue weighted by Gasteiger charge is 2.22. The largest absolute Gasteiger partial charge is 0.369 e. The van der Waals surface area contributed by atoms with Gasteiger partial charge < -0.3 is 26.6 Å². The van der Waals surface area contributed by atoms with Crippen molar-refractivity contribution in [1.29, 1.82) is 0 Å². The molecule has 1 aliphatic heterocycles. The molecule has 0 atom stereocenters. The second kappa shape index (κ2) is 8.74. The van der Waals surface area contributed by atoms with Gasteiger partial charge in [0.15, 0.2) is 0 Å². The first kappa shape index (κ1) is 20.2. The molecular formula is C20H24ClN7O2. The van der Waals surface area contributed by atoms with Crippen LogP contribution in [0.4, 0.5) is 27.9 Å². The summed E-state index contributed by atoms with van der Waals surface area (Å²) in [6, 6.07) is 5.00. The molecule has 2 aromatic rings. The number of hydrogen-bond acceptors (Lipinski definition) is 6. The molecule has 1 aliphatic carbocycles. The van der Waals surface area contributed by atoms with Gasteiger partial charge in [-0.05, 0) is 49.8 Å². The summed E-state index contributed by atoms with van der Waals surface area (Å²) >= 11 is 6.25. The van der Waals surface area contributed by atoms with E-state index in [0.717, 1.165) is 32.5 Å². The maximum absolute atomic E-state index is 12.4. The lowest BCUT2D eigenvalue weighted by atomic mass is 10.2. The number of urea groups is 1. The predicted octanol–water partition coefficient (Wildman–Crippen LogP) is 3.42. The number of nitrogens with two attached hydrogens (primary N) is 1. The molecule has 0 bridgehead atoms. The second-order valence-corrected chi connectivity index (χ2v) is 8.00. The summed E-state index contributed by atoms with van der Waals surface area (Å²) in [5.41, 5.74) is 6.83. The molecule has 10 heteroatoms. The Balaban J connectivity index is 1.49. The zero-order chi connectivity index (χ0) is 21.1. The Kier molecular flexibility index (Phi) is 5.89. The number of amides is 3. The van der Waals surface area contributed by atoms with Gasteiger partial charge in [-0.2, -0.15) is 4.98 Å². The van der Waals surface area contributed by atoms with E-state index in [1.54, 1.807) is 23.1 Å². The molecule has 9 nitrogen and oxygen atoms in total. The van der Waals surface area contributed by atoms with Gasteiger partial charge in [0.25, 0.3) is 5.91 Å². The van der Waals surface area contributed by atoms with E-state index in [1.165, 1.54) is 19.0 Å². The van der Waals surface area contributed by atoms with Crippen LogP contribution in [0.25, 0.3) is 0 Å². The zero-order valence-electron chi connectivity index (χ0n) is 16.4. The standard InChI is InChI=1S/C20H24ClN7O2/c21-15-6-5-13(9-16(15)26-20(30)28-7-1-2-8-28)25-19-24-11-14(17(22)29)18(27-19)23-10-12-3-4-12/h5-6,9,11-12H,1-4,7-8,10H2,(H2,22,29)(H,26,30)(H2,23,24,25,27). The van der Waals surface area contributed by atoms with E-state index in [4.69, 9.17) is 17.3 Å². The first-order chi connectivity index (χ1) is 14.5. The molecule has 1 saturated heterocycles. The summed E-state index contributed by atoms with van der Waals surface area (Å²) in [6.45, 7) is 2.24. The van der Waals surface area contributed by atoms with Crippen molar-refractivity contribution in [3.8, 4) is 0 Å². The molecule has 4 rings (SSSR count). The Morgan fingerprint density at radius 2 is 2.00 bits per heavy atom. The summed E-state index contributed by atoms with van der Waals surface area (Å²) in [7, 11) is 0. The summed E-state index contributed by atoms with van der Waals surface area (Å²) in [5, 5.41) is 9.56. The Morgan fingerprint density at radius 3 is 2.70 bits per heavy atom. The van der Waals surface area contributed by atoms with E-state index in [2.05, 4.69) is 25.9 Å². The molecule has 2 heterocycles. The second-order valence-electron chi connectivity index (χ2n) is 7.59. The van der Waals surface area contributed by atoms with Crippen LogP contribution in [0.2, 0.25) is 5.02 Å². The number of rotatable bonds is 7. The summed E-state index contributed by atoms with van der Waals surface area (Å²) in [4.78, 5) is 34.4. The van der Waals surface area contributed by atoms with Crippen LogP contribution in [-0.2, 0) is 0 Å². The number of benzene rings is 1. The summed E-state index contributed by atoms with van der Waals surface area (Å²) in [5.74, 6) is 0.731. The molecule has 5 N–H and O–H groups in total. The van der Waals surface area contributed by atoms with E-state index >= 15 is 0 Å². The van der Waals surface area contributed by atoms with Gasteiger partial charge in [0.2, 0.25) is 5.95 Å². The van der Waals surface area contributed by atoms with Crippen molar-refractivity contribution >= 4 is 46.7 Å². The number of anilines is 4. The number of carbonyl (C=O) groups is 2. The summed E-state index contributed by atoms with van der Waals surface area (Å²) in [6.07, 6.45) is 5.77. The molecule has 30 heavy (non-hydrogen) atoms. The normalized spacial score (nSPS) is 15.7. The maximum atomic E-state index is 12.4. The fraction of sp³-hybridized carbons (Fsp3) is 0.400. The van der Waals surface area contributed by atoms with Crippen molar-refractivity contribution < 1.29 is 9.59 Å². The molecule has 2 fully saturated rings. The molecule has 0 unspecified atom stereocenters. The number of hydrogen-bond donors (Lipinski definition) is 4. The average molecular weight is 430 g/mol. The molecule has 3 amide bonds. The van der Waals surface area contributed by atoms with E-state index in [1.807, 2.05) is 0 Å². The van der Waals surface area contributed by atoms with Gasteiger partial charge in [-0.1, -0.05) is 11.6 Å². The van der Waals surface area contributed by atoms with E-state index in [0.29, 0.717) is 34.1 Å². The Bertz CT molecular complexity index is 958. The minimum Gasteiger partial charge on any atom is -0.369 e. The van der Waals surface area contributed by atoms with Crippen LogP contribution in [-0.4, -0.2) is 46.4 Å². The van der Waals surface area contributed by atoms with E-state index in [-0.39, 0.29) is 11.6 Å². The van der Waals surface area contributed by atoms with Crippen molar-refractivity contribution in [3.05, 3.63) is 35.0 Å². The van der Waals surface area contributed by atoms with Gasteiger partial charge >= 0.3 is 6.03 Å². The topological polar surface area (TPSA) is 125 Å². The van der Waals surface area contributed by atoms with Crippen LogP contribution >= 0.6 is 11.6 Å². The number of carbonyl (C=O) groups excluding carboxylic acids is 2. The minimum atomic E-state index is -0.585. The maximum Gasteiger partial charge on any atom is 0.321 e. The van der Waals surface area contributed by atoms with Crippen LogP contribution in [0.15, 0.2) is 24.4 Å². The van der Waals surface area contributed by atoms with Crippen LogP contribution < -0.4 is 21.7 Å². The van der Waals surface area contributed by atoms with Crippen LogP contribution in [0.1, 0.15) is 36.0 Å². The lowest BCUT2D eigenvalue weighted by Gasteiger charge is -2.17. The lowest BCUT2D eigenvalue weighted by Crippen LogP contribution is -2.32. The summed E-state index contributed by atoms with van der Waals surface area (Å²) < 4.78 is 0. The first-order valence-corrected chi connectivity index (χ1v) is 10.4. The Labute approximate surface area is 179 Å². The van der Waals surface area contributed by atoms with E-state index in [9.17, 15) is 9.59 Å². The van der Waals surface area contributed by atoms with Crippen molar-refractivity contribution in [1.82, 2.24) is 14.9 Å². The highest BCUT2D eigenvalue weighted by atomic mass is 35.5. The fourth-order valence-corrected chi connectivity index (χ4v) is 3.43. The van der Waals surface area contributed by atoms with Gasteiger partial charge in [0.05, 0.1) is 16.3 Å². The van der Waals surface area contributed by atoms with Gasteiger partial charge in [-0.25, -0.2) is 9.78 Å². The number of nitrogens with zero attached hydrogens (tertiary/aromatic N) is 3. The molecule has 1 saturated carbocycles. The smallest absolute Gasteiger partial charge is 0.321 e. The highest BCUT2D eigenvalue weighted by Crippen LogP contribution is 2.30. The third kappa shape index (κ3) is 4.91. The highest BCUT2D eigenvalue weighted by molar-refractivity contribution is 6.33. The average Bonchev–Trinajstić information content (AvgIpc) is 3.39. The van der Waals surface area contributed by atoms with Crippen molar-refractivity contribution in [2.24, 2.45) is 11.7 Å².